The number of halogens is 4. The molecule has 0 heterocycles. The second-order valence-electron chi connectivity index (χ2n) is 4.46. The van der Waals surface area contributed by atoms with Crippen LogP contribution in [0.3, 0.4) is 0 Å². The number of hydrogen-bond acceptors (Lipinski definition) is 2. The molecule has 3 nitrogen and oxygen atoms in total. The van der Waals surface area contributed by atoms with Gasteiger partial charge in [-0.3, -0.25) is 0 Å². The van der Waals surface area contributed by atoms with Gasteiger partial charge in [-0.15, -0.1) is 11.6 Å². The summed E-state index contributed by atoms with van der Waals surface area (Å²) in [5.41, 5.74) is 0. The van der Waals surface area contributed by atoms with Crippen molar-refractivity contribution in [1.82, 2.24) is 4.72 Å². The normalized spacial score (nSPS) is 23.2. The van der Waals surface area contributed by atoms with Gasteiger partial charge in [0.15, 0.2) is 5.82 Å². The third kappa shape index (κ3) is 3.34. The lowest BCUT2D eigenvalue weighted by atomic mass is 9.85. The first-order chi connectivity index (χ1) is 8.81. The Balaban J connectivity index is 2.13. The molecule has 0 aromatic heterocycles. The Kier molecular flexibility index (Phi) is 4.63. The molecule has 19 heavy (non-hydrogen) atoms. The van der Waals surface area contributed by atoms with Crippen LogP contribution in [0.15, 0.2) is 17.0 Å². The van der Waals surface area contributed by atoms with Crippen LogP contribution in [0.1, 0.15) is 12.8 Å². The molecule has 0 spiro atoms. The van der Waals surface area contributed by atoms with Crippen LogP contribution in [0.25, 0.3) is 0 Å². The smallest absolute Gasteiger partial charge is 0.211 e. The molecule has 0 saturated heterocycles. The van der Waals surface area contributed by atoms with Crippen LogP contribution in [-0.4, -0.2) is 20.3 Å². The molecule has 106 valence electrons. The molecule has 8 heteroatoms. The lowest BCUT2D eigenvalue weighted by molar-refractivity contribution is 0.324. The fourth-order valence-corrected chi connectivity index (χ4v) is 4.20. The van der Waals surface area contributed by atoms with Crippen molar-refractivity contribution in [2.45, 2.75) is 23.1 Å². The van der Waals surface area contributed by atoms with Gasteiger partial charge in [-0.05, 0) is 30.9 Å². The second kappa shape index (κ2) is 5.74. The highest BCUT2D eigenvalue weighted by molar-refractivity contribution is 7.89. The number of nitrogens with one attached hydrogen (secondary N) is 1. The number of alkyl halides is 1. The molecule has 0 bridgehead atoms. The second-order valence-corrected chi connectivity index (χ2v) is 7.60. The maximum atomic E-state index is 13.5. The maximum absolute atomic E-state index is 13.5. The van der Waals surface area contributed by atoms with Crippen molar-refractivity contribution in [2.75, 3.05) is 6.54 Å². The van der Waals surface area contributed by atoms with Gasteiger partial charge in [-0.2, -0.15) is 0 Å². The van der Waals surface area contributed by atoms with E-state index < -0.39 is 20.9 Å². The summed E-state index contributed by atoms with van der Waals surface area (Å²) in [7, 11) is -3.84. The van der Waals surface area contributed by atoms with Crippen molar-refractivity contribution < 1.29 is 12.8 Å². The zero-order valence-electron chi connectivity index (χ0n) is 9.67. The summed E-state index contributed by atoms with van der Waals surface area (Å²) in [6.45, 7) is 0.270. The minimum atomic E-state index is -3.84. The Morgan fingerprint density at radius 3 is 2.53 bits per heavy atom. The topological polar surface area (TPSA) is 46.2 Å². The molecule has 1 aliphatic rings. The van der Waals surface area contributed by atoms with E-state index in [0.717, 1.165) is 18.9 Å². The molecule has 1 fully saturated rings. The first kappa shape index (κ1) is 15.3. The zero-order chi connectivity index (χ0) is 14.2. The van der Waals surface area contributed by atoms with E-state index in [1.165, 1.54) is 6.07 Å². The molecule has 1 aliphatic carbocycles. The van der Waals surface area contributed by atoms with Crippen LogP contribution >= 0.6 is 34.8 Å². The number of rotatable bonds is 4. The Bertz CT molecular complexity index is 588. The summed E-state index contributed by atoms with van der Waals surface area (Å²) < 4.78 is 39.9. The minimum Gasteiger partial charge on any atom is -0.211 e. The molecule has 0 radical (unpaired) electrons. The number of sulfonamides is 1. The van der Waals surface area contributed by atoms with E-state index in [2.05, 4.69) is 4.72 Å². The van der Waals surface area contributed by atoms with Crippen LogP contribution in [0.2, 0.25) is 10.0 Å². The monoisotopic (exact) mass is 345 g/mol. The predicted octanol–water partition coefficient (Wildman–Crippen LogP) is 3.43. The third-order valence-electron chi connectivity index (χ3n) is 3.03. The van der Waals surface area contributed by atoms with Gasteiger partial charge >= 0.3 is 0 Å². The minimum absolute atomic E-state index is 0.117. The quantitative estimate of drug-likeness (QED) is 0.670. The fourth-order valence-electron chi connectivity index (χ4n) is 1.84. The maximum Gasteiger partial charge on any atom is 0.242 e. The van der Waals surface area contributed by atoms with Crippen molar-refractivity contribution in [3.63, 3.8) is 0 Å². The number of hydrogen-bond donors (Lipinski definition) is 1. The highest BCUT2D eigenvalue weighted by atomic mass is 35.5. The summed E-state index contributed by atoms with van der Waals surface area (Å²) >= 11 is 17.0. The molecule has 1 saturated carbocycles. The van der Waals surface area contributed by atoms with Crippen molar-refractivity contribution in [1.29, 1.82) is 0 Å². The molecule has 0 unspecified atom stereocenters. The molecule has 0 aliphatic heterocycles. The Morgan fingerprint density at radius 1 is 1.32 bits per heavy atom. The highest BCUT2D eigenvalue weighted by Gasteiger charge is 2.29. The molecule has 1 N–H and O–H groups in total. The first-order valence-corrected chi connectivity index (χ1v) is 8.26. The predicted molar refractivity (Wildman–Crippen MR) is 74.0 cm³/mol. The summed E-state index contributed by atoms with van der Waals surface area (Å²) in [6, 6.07) is 2.34. The largest absolute Gasteiger partial charge is 0.242 e. The lowest BCUT2D eigenvalue weighted by Gasteiger charge is -2.30. The molecule has 0 atom stereocenters. The van der Waals surface area contributed by atoms with Crippen LogP contribution < -0.4 is 4.72 Å². The van der Waals surface area contributed by atoms with Crippen molar-refractivity contribution >= 4 is 44.8 Å². The molecule has 1 aromatic rings. The average molecular weight is 347 g/mol. The van der Waals surface area contributed by atoms with Crippen LogP contribution in [0, 0.1) is 11.7 Å². The zero-order valence-corrected chi connectivity index (χ0v) is 12.8. The van der Waals surface area contributed by atoms with Gasteiger partial charge in [0.25, 0.3) is 0 Å². The average Bonchev–Trinajstić information content (AvgIpc) is 2.30. The van der Waals surface area contributed by atoms with Gasteiger partial charge in [0.05, 0.1) is 10.0 Å². The Labute approximate surface area is 126 Å². The lowest BCUT2D eigenvalue weighted by Crippen LogP contribution is -2.36. The summed E-state index contributed by atoms with van der Waals surface area (Å²) in [6.07, 6.45) is 1.54. The van der Waals surface area contributed by atoms with Gasteiger partial charge in [0.2, 0.25) is 10.0 Å². The Hall–Kier alpha value is -0.0700. The van der Waals surface area contributed by atoms with E-state index in [0.29, 0.717) is 0 Å². The molecular formula is C11H11Cl3FNO2S. The Morgan fingerprint density at radius 2 is 1.95 bits per heavy atom. The summed E-state index contributed by atoms with van der Waals surface area (Å²) in [5, 5.41) is -0.595. The summed E-state index contributed by atoms with van der Waals surface area (Å²) in [5.74, 6) is -0.719. The van der Waals surface area contributed by atoms with Gasteiger partial charge in [0, 0.05) is 11.9 Å². The fraction of sp³-hybridized carbons (Fsp3) is 0.455. The van der Waals surface area contributed by atoms with Gasteiger partial charge in [0.1, 0.15) is 4.90 Å². The van der Waals surface area contributed by atoms with Gasteiger partial charge < -0.3 is 0 Å². The van der Waals surface area contributed by atoms with Crippen molar-refractivity contribution in [2.24, 2.45) is 5.92 Å². The standard InChI is InChI=1S/C11H11Cl3FNO2S/c12-7-3-6(4-7)5-16-19(17,18)9-2-1-8(13)11(15)10(9)14/h1-2,6-7,16H,3-5H2. The summed E-state index contributed by atoms with van der Waals surface area (Å²) in [4.78, 5) is -0.308. The highest BCUT2D eigenvalue weighted by Crippen LogP contribution is 2.32. The molecular weight excluding hydrogens is 336 g/mol. The van der Waals surface area contributed by atoms with E-state index in [4.69, 9.17) is 34.8 Å². The number of benzene rings is 1. The van der Waals surface area contributed by atoms with E-state index in [9.17, 15) is 12.8 Å². The molecule has 2 rings (SSSR count). The first-order valence-electron chi connectivity index (χ1n) is 5.58. The van der Waals surface area contributed by atoms with E-state index in [-0.39, 0.29) is 27.8 Å². The molecule has 1 aromatic carbocycles. The van der Waals surface area contributed by atoms with E-state index >= 15 is 0 Å². The van der Waals surface area contributed by atoms with Crippen molar-refractivity contribution in [3.05, 3.63) is 28.0 Å². The van der Waals surface area contributed by atoms with Crippen LogP contribution in [0.5, 0.6) is 0 Å². The van der Waals surface area contributed by atoms with Crippen LogP contribution in [0.4, 0.5) is 4.39 Å². The third-order valence-corrected chi connectivity index (χ3v) is 5.63. The van der Waals surface area contributed by atoms with Crippen LogP contribution in [-0.2, 0) is 10.0 Å². The van der Waals surface area contributed by atoms with E-state index in [1.54, 1.807) is 0 Å². The SMILES string of the molecule is O=S(=O)(NCC1CC(Cl)C1)c1ccc(Cl)c(F)c1Cl. The van der Waals surface area contributed by atoms with Crippen molar-refractivity contribution in [3.8, 4) is 0 Å². The van der Waals surface area contributed by atoms with Gasteiger partial charge in [-0.1, -0.05) is 23.2 Å². The van der Waals surface area contributed by atoms with Gasteiger partial charge in [-0.25, -0.2) is 17.5 Å². The van der Waals surface area contributed by atoms with E-state index in [1.807, 2.05) is 0 Å². The molecule has 0 amide bonds.